The molecule has 5 rings (SSSR count). The van der Waals surface area contributed by atoms with Gasteiger partial charge in [-0.25, -0.2) is 9.97 Å². The van der Waals surface area contributed by atoms with E-state index in [0.29, 0.717) is 31.1 Å². The van der Waals surface area contributed by atoms with Crippen LogP contribution in [0.1, 0.15) is 38.5 Å². The largest absolute Gasteiger partial charge is 0.378 e. The zero-order valence-corrected chi connectivity index (χ0v) is 19.9. The van der Waals surface area contributed by atoms with Crippen LogP contribution >= 0.6 is 11.6 Å². The molecular weight excluding hydrogens is 478 g/mol. The van der Waals surface area contributed by atoms with Crippen molar-refractivity contribution < 1.29 is 14.6 Å². The number of nitrogens with one attached hydrogen (secondary N) is 2. The van der Waals surface area contributed by atoms with Crippen LogP contribution in [-0.4, -0.2) is 58.2 Å². The summed E-state index contributed by atoms with van der Waals surface area (Å²) < 4.78 is 5.31. The predicted octanol–water partition coefficient (Wildman–Crippen LogP) is 4.40. The van der Waals surface area contributed by atoms with E-state index < -0.39 is 4.92 Å². The topological polar surface area (TPSA) is 149 Å². The summed E-state index contributed by atoms with van der Waals surface area (Å²) in [7, 11) is 0. The van der Waals surface area contributed by atoms with Crippen molar-refractivity contribution in [2.75, 3.05) is 41.8 Å². The maximum absolute atomic E-state index is 11.1. The molecule has 0 radical (unpaired) electrons. The zero-order valence-electron chi connectivity index (χ0n) is 19.2. The van der Waals surface area contributed by atoms with Gasteiger partial charge in [0.25, 0.3) is 0 Å². The number of pyridine rings is 2. The van der Waals surface area contributed by atoms with E-state index in [1.165, 1.54) is 18.6 Å². The van der Waals surface area contributed by atoms with E-state index in [-0.39, 0.29) is 27.3 Å². The number of rotatable bonds is 7. The minimum absolute atomic E-state index is 0.0219. The lowest BCUT2D eigenvalue weighted by atomic mass is 9.93. The number of morpholine rings is 1. The van der Waals surface area contributed by atoms with Gasteiger partial charge in [-0.05, 0) is 50.7 Å². The van der Waals surface area contributed by atoms with Crippen molar-refractivity contribution in [2.45, 2.75) is 50.6 Å². The second-order valence-corrected chi connectivity index (χ2v) is 9.08. The molecule has 188 valence electrons. The first kappa shape index (κ1) is 24.9. The lowest BCUT2D eigenvalue weighted by molar-refractivity contribution is -0.384. The summed E-state index contributed by atoms with van der Waals surface area (Å²) in [4.78, 5) is 31.4. The number of hydrogen-bond donors (Lipinski definition) is 2. The Kier molecular flexibility index (Phi) is 8.13. The van der Waals surface area contributed by atoms with Crippen molar-refractivity contribution >= 4 is 40.4 Å². The van der Waals surface area contributed by atoms with Crippen molar-refractivity contribution in [3.8, 4) is 0 Å². The van der Waals surface area contributed by atoms with E-state index in [9.17, 15) is 20.2 Å². The number of aromatic nitrogens is 2. The average molecular weight is 506 g/mol. The second-order valence-electron chi connectivity index (χ2n) is 8.70. The van der Waals surface area contributed by atoms with Gasteiger partial charge in [-0.1, -0.05) is 11.6 Å². The summed E-state index contributed by atoms with van der Waals surface area (Å²) in [5.41, 5.74) is 0.0280. The first-order valence-electron chi connectivity index (χ1n) is 11.7. The number of nitro groups is 2. The molecule has 0 atom stereocenters. The number of hydrogen-bond acceptors (Lipinski definition) is 10. The Morgan fingerprint density at radius 1 is 0.857 bits per heavy atom. The van der Waals surface area contributed by atoms with Crippen LogP contribution < -0.4 is 15.5 Å². The van der Waals surface area contributed by atoms with Gasteiger partial charge >= 0.3 is 11.4 Å². The molecule has 3 heterocycles. The first-order chi connectivity index (χ1) is 16.9. The average Bonchev–Trinajstić information content (AvgIpc) is 2.79. The van der Waals surface area contributed by atoms with Gasteiger partial charge in [-0.2, -0.15) is 0 Å². The molecule has 1 saturated heterocycles. The third-order valence-corrected chi connectivity index (χ3v) is 6.53. The fourth-order valence-corrected chi connectivity index (χ4v) is 3.98. The molecule has 2 aromatic rings. The molecule has 2 aliphatic carbocycles. The molecule has 35 heavy (non-hydrogen) atoms. The fraction of sp³-hybridized carbons (Fsp3) is 0.545. The van der Waals surface area contributed by atoms with Crippen LogP contribution in [0.4, 0.5) is 28.8 Å². The molecule has 3 fully saturated rings. The van der Waals surface area contributed by atoms with Crippen LogP contribution in [0.25, 0.3) is 0 Å². The Labute approximate surface area is 207 Å². The molecule has 0 unspecified atom stereocenters. The third-order valence-electron chi connectivity index (χ3n) is 6.32. The van der Waals surface area contributed by atoms with Crippen molar-refractivity contribution in [2.24, 2.45) is 0 Å². The van der Waals surface area contributed by atoms with Gasteiger partial charge in [0.1, 0.15) is 11.0 Å². The quantitative estimate of drug-likeness (QED) is 0.315. The lowest BCUT2D eigenvalue weighted by Gasteiger charge is -2.29. The van der Waals surface area contributed by atoms with Crippen LogP contribution in [0.5, 0.6) is 0 Å². The molecule has 3 aliphatic rings. The van der Waals surface area contributed by atoms with E-state index in [2.05, 4.69) is 25.5 Å². The third kappa shape index (κ3) is 6.45. The molecule has 1 aliphatic heterocycles. The highest BCUT2D eigenvalue weighted by molar-refractivity contribution is 6.29. The molecule has 2 saturated carbocycles. The van der Waals surface area contributed by atoms with E-state index >= 15 is 0 Å². The molecule has 0 spiro atoms. The molecule has 12 nitrogen and oxygen atoms in total. The lowest BCUT2D eigenvalue weighted by Crippen LogP contribution is -2.37. The minimum atomic E-state index is -0.454. The number of ether oxygens (including phenoxy) is 1. The summed E-state index contributed by atoms with van der Waals surface area (Å²) in [6.45, 7) is 2.88. The van der Waals surface area contributed by atoms with Gasteiger partial charge in [0, 0.05) is 37.3 Å². The van der Waals surface area contributed by atoms with Crippen LogP contribution in [0.2, 0.25) is 5.15 Å². The second kappa shape index (κ2) is 11.5. The van der Waals surface area contributed by atoms with Crippen molar-refractivity contribution in [1.29, 1.82) is 0 Å². The monoisotopic (exact) mass is 505 g/mol. The number of nitrogens with zero attached hydrogens (tertiary/aromatic N) is 5. The maximum atomic E-state index is 11.1. The summed E-state index contributed by atoms with van der Waals surface area (Å²) in [6.07, 6.45) is 6.51. The molecule has 2 N–H and O–H groups in total. The Balaban J connectivity index is 0.000000172. The predicted molar refractivity (Wildman–Crippen MR) is 132 cm³/mol. The molecule has 0 amide bonds. The zero-order chi connectivity index (χ0) is 24.8. The van der Waals surface area contributed by atoms with Gasteiger partial charge in [0.05, 0.1) is 23.1 Å². The van der Waals surface area contributed by atoms with Crippen LogP contribution in [0, 0.1) is 20.2 Å². The van der Waals surface area contributed by atoms with Crippen LogP contribution in [0.3, 0.4) is 0 Å². The van der Waals surface area contributed by atoms with E-state index in [4.69, 9.17) is 16.3 Å². The highest BCUT2D eigenvalue weighted by atomic mass is 35.5. The SMILES string of the molecule is O=[N+]([O-])c1ccc(Cl)nc1NC1CCC1.O=[N+]([O-])c1ccc(N2CCOCC2)nc1NC1CCC1. The van der Waals surface area contributed by atoms with Crippen molar-refractivity contribution in [1.82, 2.24) is 9.97 Å². The fourth-order valence-electron chi connectivity index (χ4n) is 3.84. The van der Waals surface area contributed by atoms with E-state index in [0.717, 1.165) is 51.0 Å². The van der Waals surface area contributed by atoms with Crippen LogP contribution in [-0.2, 0) is 4.74 Å². The van der Waals surface area contributed by atoms with Crippen LogP contribution in [0.15, 0.2) is 24.3 Å². The Morgan fingerprint density at radius 3 is 1.86 bits per heavy atom. The maximum Gasteiger partial charge on any atom is 0.311 e. The summed E-state index contributed by atoms with van der Waals surface area (Å²) >= 11 is 5.69. The van der Waals surface area contributed by atoms with Gasteiger partial charge in [-0.3, -0.25) is 20.2 Å². The molecule has 2 aromatic heterocycles. The normalized spacial score (nSPS) is 17.9. The number of anilines is 3. The molecule has 0 bridgehead atoms. The Morgan fingerprint density at radius 2 is 1.37 bits per heavy atom. The van der Waals surface area contributed by atoms with Gasteiger partial charge in [0.2, 0.25) is 11.6 Å². The molecule has 13 heteroatoms. The van der Waals surface area contributed by atoms with Crippen molar-refractivity contribution in [3.63, 3.8) is 0 Å². The first-order valence-corrected chi connectivity index (χ1v) is 12.1. The molecule has 0 aromatic carbocycles. The minimum Gasteiger partial charge on any atom is -0.378 e. The summed E-state index contributed by atoms with van der Waals surface area (Å²) in [5, 5.41) is 28.3. The summed E-state index contributed by atoms with van der Waals surface area (Å²) in [5.74, 6) is 1.45. The van der Waals surface area contributed by atoms with E-state index in [1.807, 2.05) is 0 Å². The van der Waals surface area contributed by atoms with Gasteiger partial charge in [0.15, 0.2) is 0 Å². The summed E-state index contributed by atoms with van der Waals surface area (Å²) in [6, 6.07) is 6.67. The highest BCUT2D eigenvalue weighted by Crippen LogP contribution is 2.31. The smallest absolute Gasteiger partial charge is 0.311 e. The highest BCUT2D eigenvalue weighted by Gasteiger charge is 2.25. The van der Waals surface area contributed by atoms with Gasteiger partial charge in [-0.15, -0.1) is 0 Å². The number of halogens is 1. The standard InChI is InChI=1S/C13H18N4O3.C9H10ClN3O2/c18-17(19)11-4-5-12(16-6-8-20-9-7-16)15-13(11)14-10-2-1-3-10;10-8-5-4-7(13(14)15)9(12-8)11-6-2-1-3-6/h4-5,10H,1-3,6-9H2,(H,14,15);4-6H,1-3H2,(H,11,12). The Bertz CT molecular complexity index is 1060. The van der Waals surface area contributed by atoms with Crippen molar-refractivity contribution in [3.05, 3.63) is 49.6 Å². The Hall–Kier alpha value is -3.25. The molecular formula is C22H28ClN7O5. The van der Waals surface area contributed by atoms with E-state index in [1.54, 1.807) is 12.1 Å². The van der Waals surface area contributed by atoms with Gasteiger partial charge < -0.3 is 20.3 Å².